The second-order valence-corrected chi connectivity index (χ2v) is 4.13. The molecule has 14 heavy (non-hydrogen) atoms. The molecule has 1 fully saturated rings. The van der Waals surface area contributed by atoms with Crippen molar-refractivity contribution in [3.05, 3.63) is 12.2 Å². The SMILES string of the molecule is C=C(CCl)CN1CCCC(C(N)=O)C1. The van der Waals surface area contributed by atoms with Gasteiger partial charge in [-0.2, -0.15) is 0 Å². The molecular formula is C10H17ClN2O. The summed E-state index contributed by atoms with van der Waals surface area (Å²) in [6.45, 7) is 6.40. The molecule has 0 radical (unpaired) electrons. The second kappa shape index (κ2) is 5.37. The lowest BCUT2D eigenvalue weighted by atomic mass is 9.97. The van der Waals surface area contributed by atoms with Gasteiger partial charge in [-0.25, -0.2) is 0 Å². The fourth-order valence-corrected chi connectivity index (χ4v) is 1.87. The van der Waals surface area contributed by atoms with Gasteiger partial charge in [-0.15, -0.1) is 11.6 Å². The van der Waals surface area contributed by atoms with Gasteiger partial charge < -0.3 is 5.73 Å². The van der Waals surface area contributed by atoms with Crippen LogP contribution < -0.4 is 5.73 Å². The van der Waals surface area contributed by atoms with Crippen LogP contribution in [0.5, 0.6) is 0 Å². The average molecular weight is 217 g/mol. The van der Waals surface area contributed by atoms with Gasteiger partial charge in [0.2, 0.25) is 5.91 Å². The Labute approximate surface area is 89.9 Å². The monoisotopic (exact) mass is 216 g/mol. The minimum atomic E-state index is -0.189. The number of carbonyl (C=O) groups is 1. The number of alkyl halides is 1. The molecule has 1 unspecified atom stereocenters. The Morgan fingerprint density at radius 1 is 1.64 bits per heavy atom. The van der Waals surface area contributed by atoms with E-state index in [1.165, 1.54) is 0 Å². The number of amides is 1. The Morgan fingerprint density at radius 3 is 2.93 bits per heavy atom. The number of hydrogen-bond donors (Lipinski definition) is 1. The zero-order valence-electron chi connectivity index (χ0n) is 8.34. The van der Waals surface area contributed by atoms with Crippen LogP contribution in [-0.4, -0.2) is 36.3 Å². The van der Waals surface area contributed by atoms with E-state index < -0.39 is 0 Å². The molecule has 0 aromatic rings. The van der Waals surface area contributed by atoms with Crippen LogP contribution in [0.4, 0.5) is 0 Å². The first kappa shape index (κ1) is 11.5. The smallest absolute Gasteiger partial charge is 0.221 e. The third kappa shape index (κ3) is 3.31. The van der Waals surface area contributed by atoms with E-state index >= 15 is 0 Å². The minimum Gasteiger partial charge on any atom is -0.369 e. The Bertz CT molecular complexity index is 230. The molecule has 0 spiro atoms. The molecule has 1 heterocycles. The zero-order chi connectivity index (χ0) is 10.6. The van der Waals surface area contributed by atoms with E-state index in [1.807, 2.05) is 0 Å². The van der Waals surface area contributed by atoms with E-state index in [-0.39, 0.29) is 11.8 Å². The van der Waals surface area contributed by atoms with Gasteiger partial charge in [0.1, 0.15) is 0 Å². The summed E-state index contributed by atoms with van der Waals surface area (Å²) >= 11 is 5.65. The molecule has 1 aliphatic rings. The fraction of sp³-hybridized carbons (Fsp3) is 0.700. The Hall–Kier alpha value is -0.540. The molecule has 80 valence electrons. The molecule has 0 saturated carbocycles. The number of carbonyl (C=O) groups excluding carboxylic acids is 1. The van der Waals surface area contributed by atoms with Gasteiger partial charge in [0, 0.05) is 19.0 Å². The summed E-state index contributed by atoms with van der Waals surface area (Å²) in [5.74, 6) is 0.302. The van der Waals surface area contributed by atoms with Crippen molar-refractivity contribution in [3.63, 3.8) is 0 Å². The van der Waals surface area contributed by atoms with E-state index in [4.69, 9.17) is 17.3 Å². The molecule has 0 bridgehead atoms. The number of nitrogens with two attached hydrogens (primary N) is 1. The molecule has 1 amide bonds. The predicted octanol–water partition coefficient (Wildman–Crippen LogP) is 0.979. The second-order valence-electron chi connectivity index (χ2n) is 3.86. The highest BCUT2D eigenvalue weighted by Crippen LogP contribution is 2.16. The Kier molecular flexibility index (Phi) is 4.42. The maximum absolute atomic E-state index is 11.0. The molecular weight excluding hydrogens is 200 g/mol. The molecule has 1 atom stereocenters. The van der Waals surface area contributed by atoms with Crippen molar-refractivity contribution >= 4 is 17.5 Å². The van der Waals surface area contributed by atoms with Crippen LogP contribution in [0.15, 0.2) is 12.2 Å². The molecule has 0 aromatic heterocycles. The summed E-state index contributed by atoms with van der Waals surface area (Å²) in [5.41, 5.74) is 6.28. The van der Waals surface area contributed by atoms with Crippen molar-refractivity contribution in [3.8, 4) is 0 Å². The number of rotatable bonds is 4. The van der Waals surface area contributed by atoms with E-state index in [9.17, 15) is 4.79 Å². The highest BCUT2D eigenvalue weighted by Gasteiger charge is 2.23. The summed E-state index contributed by atoms with van der Waals surface area (Å²) in [4.78, 5) is 13.2. The molecule has 4 heteroatoms. The number of nitrogens with zero attached hydrogens (tertiary/aromatic N) is 1. The molecule has 3 nitrogen and oxygen atoms in total. The third-order valence-electron chi connectivity index (χ3n) is 2.54. The Morgan fingerprint density at radius 2 is 2.36 bits per heavy atom. The van der Waals surface area contributed by atoms with Gasteiger partial charge >= 0.3 is 0 Å². The number of piperidine rings is 1. The van der Waals surface area contributed by atoms with Gasteiger partial charge in [-0.1, -0.05) is 6.58 Å². The van der Waals surface area contributed by atoms with Gasteiger partial charge in [-0.3, -0.25) is 9.69 Å². The molecule has 0 aliphatic carbocycles. The Balaban J connectivity index is 2.40. The van der Waals surface area contributed by atoms with Crippen molar-refractivity contribution < 1.29 is 4.79 Å². The highest BCUT2D eigenvalue weighted by atomic mass is 35.5. The lowest BCUT2D eigenvalue weighted by Gasteiger charge is -2.31. The van der Waals surface area contributed by atoms with Crippen LogP contribution in [0.1, 0.15) is 12.8 Å². The lowest BCUT2D eigenvalue weighted by Crippen LogP contribution is -2.41. The van der Waals surface area contributed by atoms with Gasteiger partial charge in [0.25, 0.3) is 0 Å². The summed E-state index contributed by atoms with van der Waals surface area (Å²) in [6.07, 6.45) is 1.95. The van der Waals surface area contributed by atoms with E-state index in [0.717, 1.165) is 38.0 Å². The fourth-order valence-electron chi connectivity index (χ4n) is 1.79. The van der Waals surface area contributed by atoms with Crippen LogP contribution in [0.3, 0.4) is 0 Å². The average Bonchev–Trinajstić information content (AvgIpc) is 2.18. The maximum Gasteiger partial charge on any atom is 0.221 e. The first-order valence-electron chi connectivity index (χ1n) is 4.87. The van der Waals surface area contributed by atoms with Crippen molar-refractivity contribution in [1.82, 2.24) is 4.90 Å². The summed E-state index contributed by atoms with van der Waals surface area (Å²) in [5, 5.41) is 0. The van der Waals surface area contributed by atoms with Crippen molar-refractivity contribution in [2.24, 2.45) is 11.7 Å². The van der Waals surface area contributed by atoms with Crippen molar-refractivity contribution in [2.45, 2.75) is 12.8 Å². The van der Waals surface area contributed by atoms with Crippen LogP contribution in [0, 0.1) is 5.92 Å². The highest BCUT2D eigenvalue weighted by molar-refractivity contribution is 6.19. The van der Waals surface area contributed by atoms with Gasteiger partial charge in [0.15, 0.2) is 0 Å². The van der Waals surface area contributed by atoms with E-state index in [1.54, 1.807) is 0 Å². The van der Waals surface area contributed by atoms with E-state index in [2.05, 4.69) is 11.5 Å². The van der Waals surface area contributed by atoms with Crippen LogP contribution in [-0.2, 0) is 4.79 Å². The van der Waals surface area contributed by atoms with Gasteiger partial charge in [-0.05, 0) is 25.0 Å². The van der Waals surface area contributed by atoms with Gasteiger partial charge in [0.05, 0.1) is 5.92 Å². The first-order valence-corrected chi connectivity index (χ1v) is 5.41. The molecule has 1 aliphatic heterocycles. The predicted molar refractivity (Wildman–Crippen MR) is 58.2 cm³/mol. The zero-order valence-corrected chi connectivity index (χ0v) is 9.09. The third-order valence-corrected chi connectivity index (χ3v) is 2.92. The normalized spacial score (nSPS) is 23.4. The molecule has 1 rings (SSSR count). The minimum absolute atomic E-state index is 0.00637. The molecule has 2 N–H and O–H groups in total. The maximum atomic E-state index is 11.0. The van der Waals surface area contributed by atoms with Crippen LogP contribution >= 0.6 is 11.6 Å². The molecule has 1 saturated heterocycles. The quantitative estimate of drug-likeness (QED) is 0.563. The number of likely N-dealkylation sites (tertiary alicyclic amines) is 1. The summed E-state index contributed by atoms with van der Waals surface area (Å²) < 4.78 is 0. The number of primary amides is 1. The van der Waals surface area contributed by atoms with Crippen LogP contribution in [0.25, 0.3) is 0 Å². The van der Waals surface area contributed by atoms with Crippen molar-refractivity contribution in [1.29, 1.82) is 0 Å². The van der Waals surface area contributed by atoms with E-state index in [0.29, 0.717) is 5.88 Å². The van der Waals surface area contributed by atoms with Crippen LogP contribution in [0.2, 0.25) is 0 Å². The summed E-state index contributed by atoms with van der Waals surface area (Å²) in [7, 11) is 0. The lowest BCUT2D eigenvalue weighted by molar-refractivity contribution is -0.123. The molecule has 0 aromatic carbocycles. The number of hydrogen-bond acceptors (Lipinski definition) is 2. The number of halogens is 1. The summed E-state index contributed by atoms with van der Waals surface area (Å²) in [6, 6.07) is 0. The topological polar surface area (TPSA) is 46.3 Å². The standard InChI is InChI=1S/C10H17ClN2O/c1-8(5-11)6-13-4-2-3-9(7-13)10(12)14/h9H,1-7H2,(H2,12,14). The van der Waals surface area contributed by atoms with Crippen molar-refractivity contribution in [2.75, 3.05) is 25.5 Å². The first-order chi connectivity index (χ1) is 6.63. The largest absolute Gasteiger partial charge is 0.369 e.